The second-order valence-corrected chi connectivity index (χ2v) is 6.27. The van der Waals surface area contributed by atoms with Crippen molar-refractivity contribution in [3.63, 3.8) is 0 Å². The highest BCUT2D eigenvalue weighted by molar-refractivity contribution is 6.16. The largest absolute Gasteiger partial charge is 0.332 e. The number of hydrogen-bond acceptors (Lipinski definition) is 3. The summed E-state index contributed by atoms with van der Waals surface area (Å²) in [6.07, 6.45) is 0. The third kappa shape index (κ3) is 3.64. The molecule has 1 heterocycles. The smallest absolute Gasteiger partial charge is 0.324 e. The Kier molecular flexibility index (Phi) is 4.89. The molecule has 2 aromatic carbocycles. The Morgan fingerprint density at radius 3 is 2.37 bits per heavy atom. The third-order valence-electron chi connectivity index (χ3n) is 4.26. The van der Waals surface area contributed by atoms with Gasteiger partial charge >= 0.3 is 6.03 Å². The fourth-order valence-corrected chi connectivity index (χ4v) is 2.83. The minimum atomic E-state index is -1.11. The molecule has 0 bridgehead atoms. The van der Waals surface area contributed by atoms with E-state index in [0.717, 1.165) is 22.6 Å². The van der Waals surface area contributed by atoms with Crippen LogP contribution in [0.5, 0.6) is 0 Å². The lowest BCUT2D eigenvalue weighted by molar-refractivity contribution is -0.130. The van der Waals surface area contributed by atoms with E-state index < -0.39 is 42.1 Å². The lowest BCUT2D eigenvalue weighted by atomic mass is 10.2. The van der Waals surface area contributed by atoms with Crippen LogP contribution in [0, 0.1) is 18.6 Å². The molecule has 27 heavy (non-hydrogen) atoms. The molecule has 4 amide bonds. The molecule has 0 radical (unpaired) electrons. The molecular weight excluding hydrogens is 356 g/mol. The second-order valence-electron chi connectivity index (χ2n) is 6.27. The van der Waals surface area contributed by atoms with Crippen LogP contribution in [0.15, 0.2) is 42.5 Å². The van der Waals surface area contributed by atoms with Gasteiger partial charge in [-0.05, 0) is 38.1 Å². The third-order valence-corrected chi connectivity index (χ3v) is 4.26. The first-order valence-corrected chi connectivity index (χ1v) is 8.24. The number of rotatable bonds is 4. The minimum absolute atomic E-state index is 0.0291. The van der Waals surface area contributed by atoms with Gasteiger partial charge in [-0.1, -0.05) is 17.7 Å². The molecule has 3 rings (SSSR count). The van der Waals surface area contributed by atoms with E-state index in [-0.39, 0.29) is 5.69 Å². The fourth-order valence-electron chi connectivity index (χ4n) is 2.83. The molecule has 1 atom stereocenters. The summed E-state index contributed by atoms with van der Waals surface area (Å²) in [6, 6.07) is 8.60. The number of hydrogen-bond donors (Lipinski definition) is 1. The monoisotopic (exact) mass is 373 g/mol. The summed E-state index contributed by atoms with van der Waals surface area (Å²) in [6.45, 7) is 2.95. The summed E-state index contributed by atoms with van der Waals surface area (Å²) >= 11 is 0. The van der Waals surface area contributed by atoms with Crippen molar-refractivity contribution in [1.82, 2.24) is 4.90 Å². The maximum atomic E-state index is 13.2. The molecule has 0 saturated carbocycles. The molecule has 1 aliphatic rings. The first-order valence-electron chi connectivity index (χ1n) is 8.24. The van der Waals surface area contributed by atoms with Gasteiger partial charge in [-0.2, -0.15) is 0 Å². The van der Waals surface area contributed by atoms with E-state index in [1.54, 1.807) is 19.1 Å². The molecule has 0 aromatic heterocycles. The predicted molar refractivity (Wildman–Crippen MR) is 95.2 cm³/mol. The molecule has 1 N–H and O–H groups in total. The van der Waals surface area contributed by atoms with Crippen LogP contribution in [0.1, 0.15) is 12.5 Å². The zero-order valence-electron chi connectivity index (χ0n) is 14.7. The first-order chi connectivity index (χ1) is 12.8. The maximum Gasteiger partial charge on any atom is 0.332 e. The van der Waals surface area contributed by atoms with Crippen molar-refractivity contribution < 1.29 is 23.2 Å². The molecule has 0 aliphatic carbocycles. The number of anilines is 2. The van der Waals surface area contributed by atoms with Crippen LogP contribution in [0.2, 0.25) is 0 Å². The molecule has 0 unspecified atom stereocenters. The number of carbonyl (C=O) groups is 3. The van der Waals surface area contributed by atoms with Crippen LogP contribution >= 0.6 is 0 Å². The Morgan fingerprint density at radius 1 is 1.07 bits per heavy atom. The molecule has 1 saturated heterocycles. The van der Waals surface area contributed by atoms with Gasteiger partial charge in [0.25, 0.3) is 5.91 Å². The van der Waals surface area contributed by atoms with E-state index >= 15 is 0 Å². The van der Waals surface area contributed by atoms with E-state index in [4.69, 9.17) is 0 Å². The van der Waals surface area contributed by atoms with E-state index in [0.29, 0.717) is 5.69 Å². The average Bonchev–Trinajstić information content (AvgIpc) is 2.83. The summed E-state index contributed by atoms with van der Waals surface area (Å²) in [5, 5.41) is 2.34. The van der Waals surface area contributed by atoms with Crippen LogP contribution < -0.4 is 10.2 Å². The molecule has 6 nitrogen and oxygen atoms in total. The Morgan fingerprint density at radius 2 is 1.74 bits per heavy atom. The van der Waals surface area contributed by atoms with Crippen LogP contribution in [0.4, 0.5) is 25.0 Å². The molecular formula is C19H17F2N3O3. The Bertz CT molecular complexity index is 915. The lowest BCUT2D eigenvalue weighted by Gasteiger charge is -2.19. The van der Waals surface area contributed by atoms with Crippen molar-refractivity contribution in [2.75, 3.05) is 16.8 Å². The predicted octanol–water partition coefficient (Wildman–Crippen LogP) is 3.07. The minimum Gasteiger partial charge on any atom is -0.324 e. The molecule has 1 aliphatic heterocycles. The topological polar surface area (TPSA) is 69.7 Å². The van der Waals surface area contributed by atoms with Gasteiger partial charge in [0.2, 0.25) is 5.91 Å². The molecule has 0 spiro atoms. The summed E-state index contributed by atoms with van der Waals surface area (Å²) in [5.41, 5.74) is 1.59. The summed E-state index contributed by atoms with van der Waals surface area (Å²) in [4.78, 5) is 39.4. The molecule has 2 aromatic rings. The molecule has 8 heteroatoms. The van der Waals surface area contributed by atoms with Gasteiger partial charge in [0.05, 0.1) is 0 Å². The highest BCUT2D eigenvalue weighted by Crippen LogP contribution is 2.26. The average molecular weight is 373 g/mol. The Balaban J connectivity index is 1.73. The van der Waals surface area contributed by atoms with Crippen molar-refractivity contribution in [3.8, 4) is 0 Å². The zero-order chi connectivity index (χ0) is 19.7. The number of benzene rings is 2. The number of urea groups is 1. The van der Waals surface area contributed by atoms with Gasteiger partial charge in [0, 0.05) is 17.4 Å². The van der Waals surface area contributed by atoms with Crippen LogP contribution in [0.3, 0.4) is 0 Å². The Hall–Kier alpha value is -3.29. The number of nitrogens with zero attached hydrogens (tertiary/aromatic N) is 2. The number of imide groups is 1. The standard InChI is InChI=1S/C19H17F2N3O3/c1-11-3-6-14(7-4-11)24-12(2)18(26)23(19(24)27)10-17(25)22-13-5-8-15(20)16(21)9-13/h3-9,12H,10H2,1-2H3,(H,22,25)/t12-/m1/s1. The lowest BCUT2D eigenvalue weighted by Crippen LogP contribution is -2.39. The quantitative estimate of drug-likeness (QED) is 0.838. The summed E-state index contributed by atoms with van der Waals surface area (Å²) in [5.74, 6) is -3.36. The highest BCUT2D eigenvalue weighted by atomic mass is 19.2. The number of carbonyl (C=O) groups excluding carboxylic acids is 3. The van der Waals surface area contributed by atoms with Crippen molar-refractivity contribution >= 4 is 29.2 Å². The van der Waals surface area contributed by atoms with Gasteiger partial charge in [-0.25, -0.2) is 13.6 Å². The van der Waals surface area contributed by atoms with Crippen molar-refractivity contribution in [2.45, 2.75) is 19.9 Å². The summed E-state index contributed by atoms with van der Waals surface area (Å²) in [7, 11) is 0. The van der Waals surface area contributed by atoms with Gasteiger partial charge in [-0.15, -0.1) is 0 Å². The number of nitrogens with one attached hydrogen (secondary N) is 1. The van der Waals surface area contributed by atoms with E-state index in [2.05, 4.69) is 5.32 Å². The van der Waals surface area contributed by atoms with Gasteiger partial charge in [0.15, 0.2) is 11.6 Å². The van der Waals surface area contributed by atoms with Crippen molar-refractivity contribution in [1.29, 1.82) is 0 Å². The fraction of sp³-hybridized carbons (Fsp3) is 0.211. The number of amides is 4. The molecule has 1 fully saturated rings. The molecule has 140 valence electrons. The van der Waals surface area contributed by atoms with Gasteiger partial charge < -0.3 is 5.32 Å². The van der Waals surface area contributed by atoms with E-state index in [9.17, 15) is 23.2 Å². The maximum absolute atomic E-state index is 13.2. The highest BCUT2D eigenvalue weighted by Gasteiger charge is 2.44. The van der Waals surface area contributed by atoms with Gasteiger partial charge in [-0.3, -0.25) is 19.4 Å². The second kappa shape index (κ2) is 7.14. The SMILES string of the molecule is Cc1ccc(N2C(=O)N(CC(=O)Nc3ccc(F)c(F)c3)C(=O)[C@H]2C)cc1. The van der Waals surface area contributed by atoms with Crippen molar-refractivity contribution in [3.05, 3.63) is 59.7 Å². The van der Waals surface area contributed by atoms with Gasteiger partial charge in [0.1, 0.15) is 12.6 Å². The number of aryl methyl sites for hydroxylation is 1. The summed E-state index contributed by atoms with van der Waals surface area (Å²) < 4.78 is 26.2. The normalized spacial score (nSPS) is 16.8. The Labute approximate surface area is 154 Å². The van der Waals surface area contributed by atoms with Crippen molar-refractivity contribution in [2.24, 2.45) is 0 Å². The number of halogens is 2. The first kappa shape index (κ1) is 18.5. The zero-order valence-corrected chi connectivity index (χ0v) is 14.7. The van der Waals surface area contributed by atoms with E-state index in [1.165, 1.54) is 11.0 Å². The van der Waals surface area contributed by atoms with Crippen LogP contribution in [-0.4, -0.2) is 35.3 Å². The van der Waals surface area contributed by atoms with E-state index in [1.807, 2.05) is 19.1 Å². The van der Waals surface area contributed by atoms with Crippen LogP contribution in [0.25, 0.3) is 0 Å². The van der Waals surface area contributed by atoms with Crippen LogP contribution in [-0.2, 0) is 9.59 Å².